The van der Waals surface area contributed by atoms with Crippen molar-refractivity contribution in [2.45, 2.75) is 20.8 Å². The number of nitrogens with one attached hydrogen (secondary N) is 1. The smallest absolute Gasteiger partial charge is 0.187 e. The van der Waals surface area contributed by atoms with Crippen molar-refractivity contribution >= 4 is 23.0 Å². The van der Waals surface area contributed by atoms with E-state index in [1.807, 2.05) is 0 Å². The van der Waals surface area contributed by atoms with Crippen LogP contribution in [0, 0.1) is 20.8 Å². The molecule has 0 aliphatic heterocycles. The highest BCUT2D eigenvalue weighted by atomic mass is 32.1. The average Bonchev–Trinajstić information content (AvgIpc) is 2.13. The molecule has 15 heavy (non-hydrogen) atoms. The third-order valence-electron chi connectivity index (χ3n) is 2.50. The van der Waals surface area contributed by atoms with Crippen molar-refractivity contribution in [3.8, 4) is 0 Å². The van der Waals surface area contributed by atoms with E-state index in [9.17, 15) is 0 Å². The normalized spacial score (nSPS) is 9.93. The highest BCUT2D eigenvalue weighted by Crippen LogP contribution is 2.19. The Morgan fingerprint density at radius 1 is 1.27 bits per heavy atom. The van der Waals surface area contributed by atoms with Crippen LogP contribution in [-0.4, -0.2) is 17.2 Å². The molecule has 0 saturated heterocycles. The van der Waals surface area contributed by atoms with Crippen molar-refractivity contribution in [1.29, 1.82) is 0 Å². The molecule has 0 saturated carbocycles. The zero-order chi connectivity index (χ0) is 11.6. The fourth-order valence-electron chi connectivity index (χ4n) is 1.32. The van der Waals surface area contributed by atoms with Gasteiger partial charge in [0.05, 0.1) is 0 Å². The van der Waals surface area contributed by atoms with E-state index < -0.39 is 0 Å². The van der Waals surface area contributed by atoms with E-state index in [1.165, 1.54) is 21.7 Å². The summed E-state index contributed by atoms with van der Waals surface area (Å²) in [6, 6.07) is 4.14. The van der Waals surface area contributed by atoms with Crippen LogP contribution in [0.5, 0.6) is 0 Å². The highest BCUT2D eigenvalue weighted by molar-refractivity contribution is 7.80. The van der Waals surface area contributed by atoms with E-state index in [2.05, 4.69) is 38.2 Å². The summed E-state index contributed by atoms with van der Waals surface area (Å²) in [6.07, 6.45) is 0. The van der Waals surface area contributed by atoms with Gasteiger partial charge in [-0.3, -0.25) is 5.01 Å². The molecule has 0 heterocycles. The first-order chi connectivity index (χ1) is 6.91. The van der Waals surface area contributed by atoms with Crippen LogP contribution < -0.4 is 11.2 Å². The van der Waals surface area contributed by atoms with Gasteiger partial charge in [-0.1, -0.05) is 0 Å². The number of hydrazine groups is 1. The molecule has 0 fully saturated rings. The fraction of sp³-hybridized carbons (Fsp3) is 0.364. The van der Waals surface area contributed by atoms with E-state index in [0.717, 1.165) is 5.69 Å². The number of nitrogens with zero attached hydrogens (tertiary/aromatic N) is 1. The summed E-state index contributed by atoms with van der Waals surface area (Å²) >= 11 is 5.07. The summed E-state index contributed by atoms with van der Waals surface area (Å²) in [5.74, 6) is 5.52. The minimum absolute atomic E-state index is 0.512. The van der Waals surface area contributed by atoms with Crippen LogP contribution >= 0.6 is 12.2 Å². The Morgan fingerprint density at radius 2 is 1.73 bits per heavy atom. The Bertz CT molecular complexity index is 362. The first-order valence-electron chi connectivity index (χ1n) is 4.79. The molecule has 0 radical (unpaired) electrons. The lowest BCUT2D eigenvalue weighted by Gasteiger charge is -2.16. The van der Waals surface area contributed by atoms with E-state index in [4.69, 9.17) is 18.1 Å². The van der Waals surface area contributed by atoms with E-state index >= 15 is 0 Å². The molecule has 82 valence electrons. The zero-order valence-electron chi connectivity index (χ0n) is 9.59. The van der Waals surface area contributed by atoms with Crippen LogP contribution in [0.15, 0.2) is 12.1 Å². The van der Waals surface area contributed by atoms with Gasteiger partial charge in [-0.25, -0.2) is 5.84 Å². The van der Waals surface area contributed by atoms with Crippen LogP contribution in [0.2, 0.25) is 0 Å². The minimum atomic E-state index is 0.512. The van der Waals surface area contributed by atoms with Crippen molar-refractivity contribution < 1.29 is 0 Å². The standard InChI is InChI=1S/C11H17N3S/c1-7-5-10(6-8(2)9(7)3)13-11(15)14(4)12/h5-6H,12H2,1-4H3,(H,13,15). The second-order valence-electron chi connectivity index (χ2n) is 3.78. The van der Waals surface area contributed by atoms with Gasteiger partial charge in [0.2, 0.25) is 0 Å². The van der Waals surface area contributed by atoms with Gasteiger partial charge in [0.25, 0.3) is 0 Å². The summed E-state index contributed by atoms with van der Waals surface area (Å²) < 4.78 is 0. The van der Waals surface area contributed by atoms with Crippen LogP contribution in [0.3, 0.4) is 0 Å². The molecule has 1 aromatic carbocycles. The Balaban J connectivity index is 2.93. The molecule has 4 heteroatoms. The minimum Gasteiger partial charge on any atom is -0.332 e. The van der Waals surface area contributed by atoms with Crippen LogP contribution in [0.4, 0.5) is 5.69 Å². The van der Waals surface area contributed by atoms with Gasteiger partial charge in [0.15, 0.2) is 5.11 Å². The van der Waals surface area contributed by atoms with Gasteiger partial charge in [-0.2, -0.15) is 0 Å². The summed E-state index contributed by atoms with van der Waals surface area (Å²) in [6.45, 7) is 6.28. The number of benzene rings is 1. The van der Waals surface area contributed by atoms with Gasteiger partial charge in [0.1, 0.15) is 0 Å². The van der Waals surface area contributed by atoms with E-state index in [1.54, 1.807) is 7.05 Å². The second-order valence-corrected chi connectivity index (χ2v) is 4.16. The van der Waals surface area contributed by atoms with Gasteiger partial charge in [-0.05, 0) is 61.8 Å². The van der Waals surface area contributed by atoms with Gasteiger partial charge in [0, 0.05) is 12.7 Å². The van der Waals surface area contributed by atoms with Gasteiger partial charge >= 0.3 is 0 Å². The molecule has 3 nitrogen and oxygen atoms in total. The molecule has 0 unspecified atom stereocenters. The Labute approximate surface area is 96.2 Å². The van der Waals surface area contributed by atoms with Crippen LogP contribution in [0.1, 0.15) is 16.7 Å². The van der Waals surface area contributed by atoms with Crippen molar-refractivity contribution in [2.24, 2.45) is 5.84 Å². The van der Waals surface area contributed by atoms with Crippen molar-refractivity contribution in [3.63, 3.8) is 0 Å². The highest BCUT2D eigenvalue weighted by Gasteiger charge is 2.03. The molecule has 3 N–H and O–H groups in total. The molecule has 0 aliphatic carbocycles. The van der Waals surface area contributed by atoms with Crippen molar-refractivity contribution in [3.05, 3.63) is 28.8 Å². The molecule has 1 rings (SSSR count). The number of rotatable bonds is 1. The zero-order valence-corrected chi connectivity index (χ0v) is 10.4. The predicted molar refractivity (Wildman–Crippen MR) is 68.8 cm³/mol. The molecular formula is C11H17N3S. The number of thiocarbonyl (C=S) groups is 1. The summed E-state index contributed by atoms with van der Waals surface area (Å²) in [7, 11) is 1.71. The predicted octanol–water partition coefficient (Wildman–Crippen LogP) is 2.11. The first kappa shape index (κ1) is 11.9. The first-order valence-corrected chi connectivity index (χ1v) is 5.20. The Kier molecular flexibility index (Phi) is 3.66. The molecular weight excluding hydrogens is 206 g/mol. The average molecular weight is 223 g/mol. The molecule has 1 aromatic rings. The topological polar surface area (TPSA) is 41.3 Å². The van der Waals surface area contributed by atoms with Gasteiger partial charge < -0.3 is 5.32 Å². The largest absolute Gasteiger partial charge is 0.332 e. The Hall–Kier alpha value is -1.13. The molecule has 0 bridgehead atoms. The number of hydrogen-bond acceptors (Lipinski definition) is 2. The molecule has 0 spiro atoms. The van der Waals surface area contributed by atoms with E-state index in [0.29, 0.717) is 5.11 Å². The maximum Gasteiger partial charge on any atom is 0.187 e. The molecule has 0 aliphatic rings. The lowest BCUT2D eigenvalue weighted by Crippen LogP contribution is -2.36. The van der Waals surface area contributed by atoms with Crippen molar-refractivity contribution in [2.75, 3.05) is 12.4 Å². The number of nitrogens with two attached hydrogens (primary N) is 1. The Morgan fingerprint density at radius 3 is 2.13 bits per heavy atom. The number of anilines is 1. The summed E-state index contributed by atoms with van der Waals surface area (Å²) in [4.78, 5) is 0. The van der Waals surface area contributed by atoms with Crippen molar-refractivity contribution in [1.82, 2.24) is 5.01 Å². The number of aryl methyl sites for hydroxylation is 2. The van der Waals surface area contributed by atoms with E-state index in [-0.39, 0.29) is 0 Å². The molecule has 0 aromatic heterocycles. The van der Waals surface area contributed by atoms with Gasteiger partial charge in [-0.15, -0.1) is 0 Å². The second kappa shape index (κ2) is 4.59. The maximum atomic E-state index is 5.52. The maximum absolute atomic E-state index is 5.52. The summed E-state index contributed by atoms with van der Waals surface area (Å²) in [5.41, 5.74) is 4.80. The van der Waals surface area contributed by atoms with Crippen LogP contribution in [-0.2, 0) is 0 Å². The fourth-order valence-corrected chi connectivity index (χ4v) is 1.44. The lowest BCUT2D eigenvalue weighted by atomic mass is 10.0. The third-order valence-corrected chi connectivity index (χ3v) is 2.89. The number of hydrogen-bond donors (Lipinski definition) is 2. The quantitative estimate of drug-likeness (QED) is 0.435. The lowest BCUT2D eigenvalue weighted by molar-refractivity contribution is 0.548. The molecule has 0 amide bonds. The SMILES string of the molecule is Cc1cc(NC(=S)N(C)N)cc(C)c1C. The van der Waals surface area contributed by atoms with Crippen LogP contribution in [0.25, 0.3) is 0 Å². The summed E-state index contributed by atoms with van der Waals surface area (Å²) in [5, 5.41) is 4.98. The molecule has 0 atom stereocenters. The monoisotopic (exact) mass is 223 g/mol. The third kappa shape index (κ3) is 2.91.